The fraction of sp³-hybridized carbons (Fsp3) is 0.545. The second kappa shape index (κ2) is 14.9. The van der Waals surface area contributed by atoms with Gasteiger partial charge in [-0.2, -0.15) is 0 Å². The van der Waals surface area contributed by atoms with E-state index in [0.29, 0.717) is 12.1 Å². The van der Waals surface area contributed by atoms with Crippen LogP contribution in [-0.2, 0) is 27.2 Å². The molecular formula is C33H49N3O5. The maximum Gasteiger partial charge on any atom is 0.408 e. The first-order chi connectivity index (χ1) is 19.2. The van der Waals surface area contributed by atoms with E-state index in [9.17, 15) is 19.5 Å². The molecule has 41 heavy (non-hydrogen) atoms. The zero-order valence-corrected chi connectivity index (χ0v) is 26.0. The van der Waals surface area contributed by atoms with Crippen molar-refractivity contribution in [2.75, 3.05) is 6.54 Å². The summed E-state index contributed by atoms with van der Waals surface area (Å²) >= 11 is 0. The van der Waals surface area contributed by atoms with Crippen LogP contribution in [0, 0.1) is 0 Å². The van der Waals surface area contributed by atoms with E-state index in [1.807, 2.05) is 45.0 Å². The molecule has 0 aliphatic heterocycles. The van der Waals surface area contributed by atoms with Crippen molar-refractivity contribution in [2.24, 2.45) is 0 Å². The third-order valence-electron chi connectivity index (χ3n) is 6.62. The molecule has 0 bridgehead atoms. The van der Waals surface area contributed by atoms with Gasteiger partial charge in [-0.25, -0.2) is 4.79 Å². The van der Waals surface area contributed by atoms with Crippen molar-refractivity contribution in [1.29, 1.82) is 0 Å². The Morgan fingerprint density at radius 1 is 0.878 bits per heavy atom. The van der Waals surface area contributed by atoms with Crippen LogP contribution >= 0.6 is 0 Å². The predicted molar refractivity (Wildman–Crippen MR) is 163 cm³/mol. The third-order valence-corrected chi connectivity index (χ3v) is 6.62. The first kappa shape index (κ1) is 33.7. The number of nitrogens with zero attached hydrogens (tertiary/aromatic N) is 1. The first-order valence-electron chi connectivity index (χ1n) is 14.6. The average Bonchev–Trinajstić information content (AvgIpc) is 2.88. The molecule has 0 heterocycles. The molecule has 8 nitrogen and oxygen atoms in total. The van der Waals surface area contributed by atoms with Crippen LogP contribution in [0.3, 0.4) is 0 Å². The van der Waals surface area contributed by atoms with E-state index >= 15 is 0 Å². The van der Waals surface area contributed by atoms with E-state index < -0.39 is 35.2 Å². The number of hydrogen-bond donors (Lipinski definition) is 3. The monoisotopic (exact) mass is 567 g/mol. The number of carbonyl (C=O) groups excluding carboxylic acids is 3. The lowest BCUT2D eigenvalue weighted by Crippen LogP contribution is -2.59. The fourth-order valence-electron chi connectivity index (χ4n) is 4.57. The van der Waals surface area contributed by atoms with E-state index in [1.54, 1.807) is 37.8 Å². The number of benzene rings is 2. The number of ether oxygens (including phenoxy) is 1. The SMILES string of the molecule is CCCCCNC(=O)C(c1ccc(CC)cc1)N(C(=O)C(Cc1ccc(O)cc1)NC(=O)OC(C)(C)C)C(C)(C)C. The molecule has 0 saturated carbocycles. The van der Waals surface area contributed by atoms with Crippen molar-refractivity contribution in [1.82, 2.24) is 15.5 Å². The molecule has 8 heteroatoms. The summed E-state index contributed by atoms with van der Waals surface area (Å²) in [7, 11) is 0. The van der Waals surface area contributed by atoms with E-state index in [-0.39, 0.29) is 18.1 Å². The van der Waals surface area contributed by atoms with Crippen molar-refractivity contribution in [3.05, 3.63) is 65.2 Å². The summed E-state index contributed by atoms with van der Waals surface area (Å²) in [6.07, 6.45) is 3.13. The molecule has 2 aromatic rings. The Morgan fingerprint density at radius 3 is 1.98 bits per heavy atom. The van der Waals surface area contributed by atoms with Gasteiger partial charge in [-0.1, -0.05) is 63.1 Å². The molecule has 0 radical (unpaired) electrons. The Labute approximate surface area is 245 Å². The van der Waals surface area contributed by atoms with Gasteiger partial charge in [0.05, 0.1) is 0 Å². The molecule has 0 aliphatic carbocycles. The van der Waals surface area contributed by atoms with Crippen LogP contribution in [-0.4, -0.2) is 51.6 Å². The molecule has 3 N–H and O–H groups in total. The Balaban J connectivity index is 2.57. The highest BCUT2D eigenvalue weighted by Gasteiger charge is 2.41. The lowest BCUT2D eigenvalue weighted by atomic mass is 9.93. The van der Waals surface area contributed by atoms with Crippen molar-refractivity contribution in [3.8, 4) is 5.75 Å². The van der Waals surface area contributed by atoms with Crippen molar-refractivity contribution >= 4 is 17.9 Å². The molecule has 0 spiro atoms. The van der Waals surface area contributed by atoms with Gasteiger partial charge in [-0.3, -0.25) is 9.59 Å². The lowest BCUT2D eigenvalue weighted by Gasteiger charge is -2.43. The molecular weight excluding hydrogens is 518 g/mol. The number of aryl methyl sites for hydroxylation is 1. The van der Waals surface area contributed by atoms with Crippen molar-refractivity contribution in [2.45, 2.75) is 111 Å². The molecule has 2 rings (SSSR count). The second-order valence-corrected chi connectivity index (χ2v) is 12.4. The fourth-order valence-corrected chi connectivity index (χ4v) is 4.57. The first-order valence-corrected chi connectivity index (χ1v) is 14.6. The quantitative estimate of drug-likeness (QED) is 0.270. The number of aromatic hydroxyl groups is 1. The van der Waals surface area contributed by atoms with Gasteiger partial charge in [0.25, 0.3) is 0 Å². The molecule has 0 fully saturated rings. The highest BCUT2D eigenvalue weighted by atomic mass is 16.6. The Kier molecular flexibility index (Phi) is 12.2. The van der Waals surface area contributed by atoms with Crippen LogP contribution in [0.1, 0.15) is 97.4 Å². The van der Waals surface area contributed by atoms with E-state index in [4.69, 9.17) is 4.74 Å². The number of nitrogens with one attached hydrogen (secondary N) is 2. The predicted octanol–water partition coefficient (Wildman–Crippen LogP) is 6.07. The molecule has 0 saturated heterocycles. The minimum Gasteiger partial charge on any atom is -0.508 e. The van der Waals surface area contributed by atoms with E-state index in [2.05, 4.69) is 24.5 Å². The van der Waals surface area contributed by atoms with Gasteiger partial charge in [0, 0.05) is 18.5 Å². The van der Waals surface area contributed by atoms with Gasteiger partial charge in [-0.05, 0) is 83.2 Å². The minimum absolute atomic E-state index is 0.100. The largest absolute Gasteiger partial charge is 0.508 e. The van der Waals surface area contributed by atoms with E-state index in [0.717, 1.165) is 36.8 Å². The number of phenolic OH excluding ortho intramolecular Hbond substituents is 1. The highest BCUT2D eigenvalue weighted by Crippen LogP contribution is 2.31. The molecule has 2 aromatic carbocycles. The van der Waals surface area contributed by atoms with Crippen LogP contribution in [0.25, 0.3) is 0 Å². The van der Waals surface area contributed by atoms with Gasteiger partial charge >= 0.3 is 6.09 Å². The smallest absolute Gasteiger partial charge is 0.408 e. The van der Waals surface area contributed by atoms with Crippen LogP contribution in [0.2, 0.25) is 0 Å². The zero-order chi connectivity index (χ0) is 30.8. The molecule has 226 valence electrons. The number of hydrogen-bond acceptors (Lipinski definition) is 5. The topological polar surface area (TPSA) is 108 Å². The number of rotatable bonds is 12. The van der Waals surface area contributed by atoms with Crippen LogP contribution in [0.4, 0.5) is 4.79 Å². The zero-order valence-electron chi connectivity index (χ0n) is 26.0. The van der Waals surface area contributed by atoms with Gasteiger partial charge in [0.15, 0.2) is 0 Å². The summed E-state index contributed by atoms with van der Waals surface area (Å²) in [6, 6.07) is 12.3. The van der Waals surface area contributed by atoms with Crippen LogP contribution in [0.5, 0.6) is 5.75 Å². The number of carbonyl (C=O) groups is 3. The maximum atomic E-state index is 14.5. The summed E-state index contributed by atoms with van der Waals surface area (Å²) in [5, 5.41) is 15.6. The summed E-state index contributed by atoms with van der Waals surface area (Å²) < 4.78 is 5.49. The van der Waals surface area contributed by atoms with Crippen LogP contribution in [0.15, 0.2) is 48.5 Å². The molecule has 0 aliphatic rings. The van der Waals surface area contributed by atoms with Gasteiger partial charge in [0.1, 0.15) is 23.4 Å². The summed E-state index contributed by atoms with van der Waals surface area (Å²) in [6.45, 7) is 15.6. The van der Waals surface area contributed by atoms with Crippen LogP contribution < -0.4 is 10.6 Å². The van der Waals surface area contributed by atoms with Gasteiger partial charge in [-0.15, -0.1) is 0 Å². The molecule has 2 unspecified atom stereocenters. The third kappa shape index (κ3) is 10.7. The molecule has 2 atom stereocenters. The van der Waals surface area contributed by atoms with Gasteiger partial charge < -0.3 is 25.4 Å². The van der Waals surface area contributed by atoms with Gasteiger partial charge in [0.2, 0.25) is 11.8 Å². The van der Waals surface area contributed by atoms with E-state index in [1.165, 1.54) is 12.1 Å². The van der Waals surface area contributed by atoms with Crippen molar-refractivity contribution in [3.63, 3.8) is 0 Å². The number of alkyl carbamates (subject to hydrolysis) is 1. The lowest BCUT2D eigenvalue weighted by molar-refractivity contribution is -0.148. The molecule has 3 amide bonds. The summed E-state index contributed by atoms with van der Waals surface area (Å²) in [5.41, 5.74) is 1.01. The Bertz CT molecular complexity index is 1130. The maximum absolute atomic E-state index is 14.5. The minimum atomic E-state index is -1.03. The molecule has 0 aromatic heterocycles. The Morgan fingerprint density at radius 2 is 1.46 bits per heavy atom. The number of phenols is 1. The summed E-state index contributed by atoms with van der Waals surface area (Å²) in [4.78, 5) is 42.8. The standard InChI is InChI=1S/C33H49N3O5/c1-9-11-12-21-34-29(38)28(25-17-13-23(10-2)14-18-25)36(32(3,4)5)30(39)27(35-31(40)41-33(6,7)8)22-24-15-19-26(37)20-16-24/h13-20,27-28,37H,9-12,21-22H2,1-8H3,(H,34,38)(H,35,40). The number of unbranched alkanes of at least 4 members (excludes halogenated alkanes) is 2. The second-order valence-electron chi connectivity index (χ2n) is 12.4. The number of amides is 3. The van der Waals surface area contributed by atoms with Crippen molar-refractivity contribution < 1.29 is 24.2 Å². The summed E-state index contributed by atoms with van der Waals surface area (Å²) in [5.74, 6) is -0.581. The highest BCUT2D eigenvalue weighted by molar-refractivity contribution is 5.92. The normalized spacial score (nSPS) is 13.2. The Hall–Kier alpha value is -3.55. The average molecular weight is 568 g/mol.